The summed E-state index contributed by atoms with van der Waals surface area (Å²) in [6, 6.07) is 28.9. The van der Waals surface area contributed by atoms with Crippen molar-refractivity contribution < 1.29 is 47.6 Å². The molecule has 1 amide bonds. The molecule has 17 heteroatoms. The number of hydrogen-bond acceptors (Lipinski definition) is 13. The van der Waals surface area contributed by atoms with Crippen molar-refractivity contribution in [3.8, 4) is 23.0 Å². The second-order valence-electron chi connectivity index (χ2n) is 19.9. The maximum atomic E-state index is 13.3. The molecule has 2 heterocycles. The topological polar surface area (TPSA) is 168 Å². The number of carbonyl (C=O) groups excluding carboxylic acids is 4. The zero-order valence-corrected chi connectivity index (χ0v) is 46.2. The van der Waals surface area contributed by atoms with Crippen molar-refractivity contribution in [3.05, 3.63) is 129 Å². The summed E-state index contributed by atoms with van der Waals surface area (Å²) in [5.41, 5.74) is 9.20. The average Bonchev–Trinajstić information content (AvgIpc) is 3.38. The van der Waals surface area contributed by atoms with Crippen LogP contribution in [-0.4, -0.2) is 126 Å². The van der Waals surface area contributed by atoms with Crippen molar-refractivity contribution in [1.29, 1.82) is 0 Å². The number of ketones is 2. The van der Waals surface area contributed by atoms with Crippen LogP contribution in [-0.2, 0) is 29.9 Å². The summed E-state index contributed by atoms with van der Waals surface area (Å²) in [5.74, 6) is 0.101. The average molecular weight is 1090 g/mol. The molecule has 8 rings (SSSR count). The van der Waals surface area contributed by atoms with Crippen molar-refractivity contribution in [1.82, 2.24) is 9.80 Å². The number of carbonyl (C=O) groups is 4. The Hall–Kier alpha value is -5.97. The highest BCUT2D eigenvalue weighted by Gasteiger charge is 2.25. The first-order valence-electron chi connectivity index (χ1n) is 24.7. The van der Waals surface area contributed by atoms with E-state index in [0.717, 1.165) is 87.6 Å². The standard InChI is InChI=1S/C29H33ClN2O5.C18H18ClNO4.C11H16ClNO/c1-29(2,3)19-17-23(30)27(35-4)24(18-19)31-28(34)26(33)22-9-10-25(21-8-6-5-7-20(21)22)37-16-13-32-11-14-36-15-12-32;19-18(22)17(21)15-5-6-16(14-4-2-1-3-13(14)15)24-12-9-20-7-10-23-11-8-20;1-11(2,3)7-5-8(12)10(14-4)9(13)6-7/h5-10,17-18H,11-16H2,1-4H3,(H,31,34);1-6H,7-12H2;5-6H,13H2,1-4H3. The molecule has 0 spiro atoms. The third-order valence-electron chi connectivity index (χ3n) is 12.7. The SMILES string of the molecule is COc1c(Cl)cc(C(C)(C)C)cc1NC(=O)C(=O)c1ccc(OCCN2CCOCC2)c2ccccc12.COc1c(N)cc(C(C)(C)C)cc1Cl.O=C(Cl)C(=O)c1ccc(OCCN2CCOCC2)c2ccccc12. The summed E-state index contributed by atoms with van der Waals surface area (Å²) >= 11 is 17.8. The number of halogens is 3. The zero-order chi connectivity index (χ0) is 54.5. The second-order valence-corrected chi connectivity index (χ2v) is 21.1. The predicted octanol–water partition coefficient (Wildman–Crippen LogP) is 11.1. The highest BCUT2D eigenvalue weighted by atomic mass is 35.5. The van der Waals surface area contributed by atoms with Crippen LogP contribution in [0, 0.1) is 0 Å². The molecule has 2 saturated heterocycles. The molecule has 14 nitrogen and oxygen atoms in total. The zero-order valence-electron chi connectivity index (χ0n) is 43.9. The van der Waals surface area contributed by atoms with Crippen molar-refractivity contribution >= 4 is 90.4 Å². The van der Waals surface area contributed by atoms with Gasteiger partial charge in [0.25, 0.3) is 16.9 Å². The van der Waals surface area contributed by atoms with E-state index in [1.807, 2.05) is 81.4 Å². The maximum Gasteiger partial charge on any atom is 0.296 e. The minimum atomic E-state index is -0.985. The lowest BCUT2D eigenvalue weighted by molar-refractivity contribution is -0.112. The predicted molar refractivity (Wildman–Crippen MR) is 299 cm³/mol. The third-order valence-corrected chi connectivity index (χ3v) is 13.4. The van der Waals surface area contributed by atoms with Gasteiger partial charge in [0, 0.05) is 61.2 Å². The van der Waals surface area contributed by atoms with Crippen LogP contribution in [0.1, 0.15) is 73.4 Å². The summed E-state index contributed by atoms with van der Waals surface area (Å²) < 4.78 is 33.2. The second kappa shape index (κ2) is 26.7. The summed E-state index contributed by atoms with van der Waals surface area (Å²) in [5, 5.41) is 5.55. The van der Waals surface area contributed by atoms with Gasteiger partial charge in [-0.25, -0.2) is 0 Å². The van der Waals surface area contributed by atoms with Crippen LogP contribution in [0.15, 0.2) is 97.1 Å². The van der Waals surface area contributed by atoms with E-state index in [1.165, 1.54) is 7.11 Å². The lowest BCUT2D eigenvalue weighted by atomic mass is 9.86. The molecule has 0 radical (unpaired) electrons. The Balaban J connectivity index is 0.000000205. The number of morpholine rings is 2. The lowest BCUT2D eigenvalue weighted by Crippen LogP contribution is -2.38. The Kier molecular flexibility index (Phi) is 20.7. The first-order valence-corrected chi connectivity index (χ1v) is 25.9. The molecule has 6 aromatic carbocycles. The Bertz CT molecular complexity index is 2960. The van der Waals surface area contributed by atoms with Crippen molar-refractivity contribution in [2.75, 3.05) is 104 Å². The molecule has 0 saturated carbocycles. The van der Waals surface area contributed by atoms with Crippen LogP contribution in [0.2, 0.25) is 10.0 Å². The van der Waals surface area contributed by atoms with Crippen LogP contribution in [0.3, 0.4) is 0 Å². The Morgan fingerprint density at radius 1 is 0.587 bits per heavy atom. The van der Waals surface area contributed by atoms with Gasteiger partial charge in [-0.2, -0.15) is 0 Å². The third kappa shape index (κ3) is 15.6. The number of ether oxygens (including phenoxy) is 6. The van der Waals surface area contributed by atoms with E-state index in [2.05, 4.69) is 35.9 Å². The summed E-state index contributed by atoms with van der Waals surface area (Å²) in [4.78, 5) is 54.2. The molecule has 0 aromatic heterocycles. The van der Waals surface area contributed by atoms with E-state index in [0.29, 0.717) is 79.5 Å². The minimum absolute atomic E-state index is 0.0457. The van der Waals surface area contributed by atoms with Gasteiger partial charge in [0.1, 0.15) is 24.7 Å². The smallest absolute Gasteiger partial charge is 0.296 e. The number of benzene rings is 6. The monoisotopic (exact) mass is 1080 g/mol. The molecule has 75 heavy (non-hydrogen) atoms. The van der Waals surface area contributed by atoms with Crippen LogP contribution in [0.25, 0.3) is 21.5 Å². The fraction of sp³-hybridized carbons (Fsp3) is 0.379. The molecule has 0 unspecified atom stereocenters. The normalized spacial score (nSPS) is 14.2. The van der Waals surface area contributed by atoms with Crippen LogP contribution >= 0.6 is 34.8 Å². The molecule has 0 bridgehead atoms. The molecule has 0 atom stereocenters. The number of amides is 1. The molecule has 2 aliphatic rings. The lowest BCUT2D eigenvalue weighted by Gasteiger charge is -2.26. The van der Waals surface area contributed by atoms with Gasteiger partial charge in [0.2, 0.25) is 5.78 Å². The maximum absolute atomic E-state index is 13.3. The van der Waals surface area contributed by atoms with Gasteiger partial charge < -0.3 is 39.5 Å². The molecule has 400 valence electrons. The number of hydrogen-bond donors (Lipinski definition) is 2. The number of methoxy groups -OCH3 is 2. The number of Topliss-reactive ketones (excluding diaryl/α,β-unsaturated/α-hetero) is 2. The minimum Gasteiger partial charge on any atom is -0.493 e. The summed E-state index contributed by atoms with van der Waals surface area (Å²) in [7, 11) is 3.04. The largest absolute Gasteiger partial charge is 0.493 e. The molecular formula is C58H67Cl3N4O10. The van der Waals surface area contributed by atoms with E-state index in [9.17, 15) is 19.2 Å². The Morgan fingerprint density at radius 2 is 1.00 bits per heavy atom. The van der Waals surface area contributed by atoms with Gasteiger partial charge in [0.05, 0.1) is 62.1 Å². The highest BCUT2D eigenvalue weighted by Crippen LogP contribution is 2.39. The number of rotatable bonds is 15. The van der Waals surface area contributed by atoms with Crippen LogP contribution < -0.4 is 30.0 Å². The molecule has 0 aliphatic carbocycles. The summed E-state index contributed by atoms with van der Waals surface area (Å²) in [6.07, 6.45) is 0. The number of nitrogen functional groups attached to an aromatic ring is 1. The van der Waals surface area contributed by atoms with Gasteiger partial charge in [-0.1, -0.05) is 113 Å². The molecule has 3 N–H and O–H groups in total. The van der Waals surface area contributed by atoms with Gasteiger partial charge >= 0.3 is 0 Å². The van der Waals surface area contributed by atoms with Gasteiger partial charge in [0.15, 0.2) is 11.5 Å². The quantitative estimate of drug-likeness (QED) is 0.0432. The van der Waals surface area contributed by atoms with E-state index in [1.54, 1.807) is 43.5 Å². The fourth-order valence-corrected chi connectivity index (χ4v) is 9.11. The summed E-state index contributed by atoms with van der Waals surface area (Å²) in [6.45, 7) is 21.7. The molecule has 2 fully saturated rings. The number of nitrogens with zero attached hydrogens (tertiary/aromatic N) is 2. The van der Waals surface area contributed by atoms with E-state index in [4.69, 9.17) is 69.0 Å². The van der Waals surface area contributed by atoms with Gasteiger partial charge in [-0.3, -0.25) is 29.0 Å². The molecule has 2 aliphatic heterocycles. The number of nitrogens with two attached hydrogens (primary N) is 1. The number of nitrogens with one attached hydrogen (secondary N) is 1. The van der Waals surface area contributed by atoms with E-state index in [-0.39, 0.29) is 10.8 Å². The highest BCUT2D eigenvalue weighted by molar-refractivity contribution is 6.83. The van der Waals surface area contributed by atoms with Gasteiger partial charge in [-0.15, -0.1) is 0 Å². The number of fused-ring (bicyclic) bond motifs is 2. The fourth-order valence-electron chi connectivity index (χ4n) is 8.41. The Morgan fingerprint density at radius 3 is 1.41 bits per heavy atom. The number of anilines is 2. The van der Waals surface area contributed by atoms with E-state index < -0.39 is 22.7 Å². The first-order chi connectivity index (χ1) is 35.7. The van der Waals surface area contributed by atoms with E-state index >= 15 is 0 Å². The molecule has 6 aromatic rings. The van der Waals surface area contributed by atoms with Crippen LogP contribution in [0.4, 0.5) is 11.4 Å². The van der Waals surface area contributed by atoms with Crippen molar-refractivity contribution in [3.63, 3.8) is 0 Å². The van der Waals surface area contributed by atoms with Crippen molar-refractivity contribution in [2.24, 2.45) is 0 Å². The van der Waals surface area contributed by atoms with Crippen LogP contribution in [0.5, 0.6) is 23.0 Å². The van der Waals surface area contributed by atoms with Crippen molar-refractivity contribution in [2.45, 2.75) is 52.4 Å². The molecular weight excluding hydrogens is 1020 g/mol. The first kappa shape index (κ1) is 58.3. The Labute approximate surface area is 454 Å². The van der Waals surface area contributed by atoms with Gasteiger partial charge in [-0.05, 0) is 92.9 Å².